The molecule has 1 heterocycles. The van der Waals surface area contributed by atoms with E-state index in [9.17, 15) is 2.74 Å². The van der Waals surface area contributed by atoms with Crippen LogP contribution in [0.15, 0.2) is 200 Å². The molecule has 10 rings (SSSR count). The highest BCUT2D eigenvalue weighted by atomic mass is 15.0. The smallest absolute Gasteiger partial charge is 0.164 e. The molecule has 1 aromatic heterocycles. The van der Waals surface area contributed by atoms with E-state index in [1.165, 1.54) is 0 Å². The van der Waals surface area contributed by atoms with Crippen molar-refractivity contribution in [1.82, 2.24) is 15.0 Å². The van der Waals surface area contributed by atoms with Crippen molar-refractivity contribution in [1.29, 1.82) is 0 Å². The molecule has 0 aliphatic heterocycles. The number of hydrogen-bond acceptors (Lipinski definition) is 3. The van der Waals surface area contributed by atoms with Gasteiger partial charge in [-0.2, -0.15) is 0 Å². The first-order valence-electron chi connectivity index (χ1n) is 25.4. The van der Waals surface area contributed by atoms with Gasteiger partial charge in [0, 0.05) is 16.7 Å². The van der Waals surface area contributed by atoms with Crippen LogP contribution in [0.3, 0.4) is 0 Å². The Hall–Kier alpha value is -7.23. The Labute approximate surface area is 337 Å². The number of rotatable bonds is 6. The molecule has 0 N–H and O–H groups in total. The van der Waals surface area contributed by atoms with E-state index in [2.05, 4.69) is 0 Å². The van der Waals surface area contributed by atoms with Gasteiger partial charge in [-0.25, -0.2) is 15.0 Å². The van der Waals surface area contributed by atoms with Crippen molar-refractivity contribution >= 4 is 32.3 Å². The minimum atomic E-state index is -0.620. The van der Waals surface area contributed by atoms with Crippen molar-refractivity contribution in [2.24, 2.45) is 0 Å². The molecular formula is C51H33N3. The van der Waals surface area contributed by atoms with Gasteiger partial charge in [-0.3, -0.25) is 0 Å². The lowest BCUT2D eigenvalue weighted by molar-refractivity contribution is 1.08. The van der Waals surface area contributed by atoms with Gasteiger partial charge in [0.25, 0.3) is 0 Å². The molecule has 10 aromatic rings. The highest BCUT2D eigenvalue weighted by Crippen LogP contribution is 2.37. The summed E-state index contributed by atoms with van der Waals surface area (Å²) in [5.41, 5.74) is 1.92. The molecule has 0 aliphatic rings. The van der Waals surface area contributed by atoms with Crippen LogP contribution >= 0.6 is 0 Å². The van der Waals surface area contributed by atoms with Crippen molar-refractivity contribution in [2.75, 3.05) is 0 Å². The monoisotopic (exact) mass is 704 g/mol. The van der Waals surface area contributed by atoms with Crippen LogP contribution in [0.25, 0.3) is 99.9 Å². The molecule has 0 fully saturated rings. The first-order chi connectivity index (χ1) is 33.8. The maximum Gasteiger partial charge on any atom is 0.164 e. The molecule has 0 saturated carbocycles. The molecule has 9 aromatic carbocycles. The van der Waals surface area contributed by atoms with E-state index in [1.54, 1.807) is 60.7 Å². The second kappa shape index (κ2) is 13.4. The SMILES string of the molecule is [2H]c1c([2H])c([2H])c(-c2ccc3cc(-c4cc(-c5nc(-c6c([2H])c([2H])c([2H])c([2H])c6[2H])nc(-c6cccc7ccccc67)n5)cc(-c5c([2H])c([2H])c6c([2H])c([2H])c([2H])c([2H])c6c5[2H])c4)ccc3c2)c([2H])c1[2H]. The summed E-state index contributed by atoms with van der Waals surface area (Å²) in [6, 6.07) is 19.4. The van der Waals surface area contributed by atoms with E-state index in [1.807, 2.05) is 36.4 Å². The summed E-state index contributed by atoms with van der Waals surface area (Å²) in [7, 11) is 0. The first-order valence-corrected chi connectivity index (χ1v) is 16.9. The van der Waals surface area contributed by atoms with Crippen LogP contribution in [0, 0.1) is 0 Å². The molecule has 0 atom stereocenters. The Bertz CT molecular complexity index is 3930. The summed E-state index contributed by atoms with van der Waals surface area (Å²) < 4.78 is 146. The molecule has 0 spiro atoms. The van der Waals surface area contributed by atoms with Crippen molar-refractivity contribution in [2.45, 2.75) is 0 Å². The van der Waals surface area contributed by atoms with Crippen LogP contribution in [-0.4, -0.2) is 15.0 Å². The van der Waals surface area contributed by atoms with E-state index < -0.39 is 90.6 Å². The molecular weight excluding hydrogens is 655 g/mol. The number of benzene rings is 9. The second-order valence-electron chi connectivity index (χ2n) is 12.4. The fraction of sp³-hybridized carbons (Fsp3) is 0. The predicted octanol–water partition coefficient (Wildman–Crippen LogP) is 13.3. The van der Waals surface area contributed by atoms with Crippen LogP contribution in [0.5, 0.6) is 0 Å². The van der Waals surface area contributed by atoms with Crippen LogP contribution in [0.2, 0.25) is 0 Å². The molecule has 0 amide bonds. The van der Waals surface area contributed by atoms with Gasteiger partial charge in [0.05, 0.1) is 23.3 Å². The Morgan fingerprint density at radius 1 is 0.315 bits per heavy atom. The average Bonchev–Trinajstić information content (AvgIpc) is 3.37. The van der Waals surface area contributed by atoms with E-state index in [0.717, 1.165) is 10.8 Å². The highest BCUT2D eigenvalue weighted by Gasteiger charge is 2.16. The van der Waals surface area contributed by atoms with Crippen LogP contribution in [0.4, 0.5) is 0 Å². The third-order valence-electron chi connectivity index (χ3n) is 9.08. The number of nitrogens with zero attached hydrogens (tertiary/aromatic N) is 3. The van der Waals surface area contributed by atoms with Gasteiger partial charge in [-0.05, 0) is 102 Å². The Morgan fingerprint density at radius 2 is 0.889 bits per heavy atom. The normalized spacial score (nSPS) is 15.7. The first kappa shape index (κ1) is 18.5. The van der Waals surface area contributed by atoms with Crippen molar-refractivity contribution in [3.63, 3.8) is 0 Å². The Morgan fingerprint density at radius 3 is 1.65 bits per heavy atom. The molecule has 0 radical (unpaired) electrons. The topological polar surface area (TPSA) is 38.7 Å². The van der Waals surface area contributed by atoms with Crippen molar-refractivity contribution in [3.05, 3.63) is 200 Å². The van der Waals surface area contributed by atoms with Gasteiger partial charge in [0.1, 0.15) is 0 Å². The summed E-state index contributed by atoms with van der Waals surface area (Å²) in [5.74, 6) is -0.220. The summed E-state index contributed by atoms with van der Waals surface area (Å²) in [6.45, 7) is 0. The maximum absolute atomic E-state index is 9.47. The lowest BCUT2D eigenvalue weighted by Gasteiger charge is -2.14. The van der Waals surface area contributed by atoms with Crippen LogP contribution in [-0.2, 0) is 0 Å². The molecule has 3 heteroatoms. The van der Waals surface area contributed by atoms with Gasteiger partial charge < -0.3 is 0 Å². The lowest BCUT2D eigenvalue weighted by atomic mass is 9.93. The minimum absolute atomic E-state index is 0.0360. The van der Waals surface area contributed by atoms with Gasteiger partial charge in [-0.1, -0.05) is 163 Å². The van der Waals surface area contributed by atoms with Gasteiger partial charge >= 0.3 is 0 Å². The van der Waals surface area contributed by atoms with Gasteiger partial charge in [0.2, 0.25) is 0 Å². The summed E-state index contributed by atoms with van der Waals surface area (Å²) >= 11 is 0. The third kappa shape index (κ3) is 5.98. The fourth-order valence-corrected chi connectivity index (χ4v) is 6.49. The molecule has 0 saturated heterocycles. The molecule has 0 aliphatic carbocycles. The maximum atomic E-state index is 9.47. The van der Waals surface area contributed by atoms with E-state index in [4.69, 9.17) is 35.5 Å². The number of aromatic nitrogens is 3. The van der Waals surface area contributed by atoms with E-state index in [0.29, 0.717) is 33.0 Å². The van der Waals surface area contributed by atoms with Crippen LogP contribution in [0.1, 0.15) is 23.3 Å². The molecule has 252 valence electrons. The van der Waals surface area contributed by atoms with E-state index >= 15 is 0 Å². The largest absolute Gasteiger partial charge is 0.208 e. The second-order valence-corrected chi connectivity index (χ2v) is 12.4. The van der Waals surface area contributed by atoms with Crippen molar-refractivity contribution in [3.8, 4) is 67.5 Å². The zero-order valence-electron chi connectivity index (χ0n) is 45.1. The van der Waals surface area contributed by atoms with Crippen LogP contribution < -0.4 is 0 Å². The molecule has 54 heavy (non-hydrogen) atoms. The standard InChI is InChI=1S/C51H33N3/c1-3-12-34(13-4-1)39-24-25-41-30-43(27-26-40(41)29-39)45-31-44(42-23-22-35-14-7-8-18-38(35)28-42)32-46(33-45)50-52-49(37-16-5-2-6-17-37)53-51(54-50)48-21-11-19-36-15-9-10-20-47(36)48/h1-33H/i1D,2D,3D,4D,5D,6D,7D,8D,12D,13D,14D,16D,17D,18D,22D,23D,28D. The summed E-state index contributed by atoms with van der Waals surface area (Å²) in [6.07, 6.45) is 0. The molecule has 3 nitrogen and oxygen atoms in total. The molecule has 0 unspecified atom stereocenters. The quantitative estimate of drug-likeness (QED) is 0.173. The predicted molar refractivity (Wildman–Crippen MR) is 225 cm³/mol. The summed E-state index contributed by atoms with van der Waals surface area (Å²) in [5, 5.41) is 2.35. The number of hydrogen-bond donors (Lipinski definition) is 0. The number of fused-ring (bicyclic) bond motifs is 3. The average molecular weight is 705 g/mol. The third-order valence-corrected chi connectivity index (χ3v) is 9.08. The van der Waals surface area contributed by atoms with Gasteiger partial charge in [0.15, 0.2) is 17.5 Å². The zero-order chi connectivity index (χ0) is 50.6. The fourth-order valence-electron chi connectivity index (χ4n) is 6.49. The summed E-state index contributed by atoms with van der Waals surface area (Å²) in [4.78, 5) is 14.5. The van der Waals surface area contributed by atoms with Crippen molar-refractivity contribution < 1.29 is 23.3 Å². The zero-order valence-corrected chi connectivity index (χ0v) is 28.1. The minimum Gasteiger partial charge on any atom is -0.208 e. The van der Waals surface area contributed by atoms with Gasteiger partial charge in [-0.15, -0.1) is 0 Å². The lowest BCUT2D eigenvalue weighted by Crippen LogP contribution is -2.01. The highest BCUT2D eigenvalue weighted by molar-refractivity contribution is 5.96. The Balaban J connectivity index is 1.26. The van der Waals surface area contributed by atoms with E-state index in [-0.39, 0.29) is 68.1 Å². The molecule has 0 bridgehead atoms. The Kier molecular flexibility index (Phi) is 4.59.